The van der Waals surface area contributed by atoms with Crippen LogP contribution < -0.4 is 0 Å². The maximum absolute atomic E-state index is 12.6. The Kier molecular flexibility index (Phi) is 7.00. The molecule has 1 aliphatic carbocycles. The van der Waals surface area contributed by atoms with Crippen molar-refractivity contribution in [1.29, 1.82) is 0 Å². The van der Waals surface area contributed by atoms with Gasteiger partial charge in [0.25, 0.3) is 0 Å². The molecule has 0 spiro atoms. The number of carbonyl (C=O) groups excluding carboxylic acids is 2. The molecule has 0 heterocycles. The Morgan fingerprint density at radius 2 is 1.89 bits per heavy atom. The average Bonchev–Trinajstić information content (AvgIpc) is 2.61. The van der Waals surface area contributed by atoms with Crippen LogP contribution in [0, 0.1) is 0 Å². The van der Waals surface area contributed by atoms with Crippen LogP contribution in [0.25, 0.3) is 0 Å². The summed E-state index contributed by atoms with van der Waals surface area (Å²) in [6.45, 7) is 7.29. The first-order valence-electron chi connectivity index (χ1n) is 9.70. The number of aliphatic hydroxyl groups excluding tert-OH is 1. The first-order valence-corrected chi connectivity index (χ1v) is 9.70. The lowest BCUT2D eigenvalue weighted by atomic mass is 9.84. The lowest BCUT2D eigenvalue weighted by Crippen LogP contribution is -2.33. The molecule has 1 N–H and O–H groups in total. The lowest BCUT2D eigenvalue weighted by molar-refractivity contribution is -0.115. The minimum absolute atomic E-state index is 0.0229. The van der Waals surface area contributed by atoms with E-state index in [4.69, 9.17) is 4.74 Å². The van der Waals surface area contributed by atoms with Crippen molar-refractivity contribution in [3.63, 3.8) is 0 Å². The summed E-state index contributed by atoms with van der Waals surface area (Å²) in [5.74, 6) is -0.417. The van der Waals surface area contributed by atoms with Crippen LogP contribution in [0.4, 0.5) is 4.79 Å². The zero-order valence-corrected chi connectivity index (χ0v) is 17.4. The number of carbonyl (C=O) groups is 2. The highest BCUT2D eigenvalue weighted by molar-refractivity contribution is 6.24. The molecule has 6 heteroatoms. The fourth-order valence-corrected chi connectivity index (χ4v) is 3.21. The summed E-state index contributed by atoms with van der Waals surface area (Å²) in [6.07, 6.45) is 1.55. The summed E-state index contributed by atoms with van der Waals surface area (Å²) < 4.78 is 5.32. The lowest BCUT2D eigenvalue weighted by Gasteiger charge is -2.25. The molecule has 0 saturated heterocycles. The molecule has 0 bridgehead atoms. The van der Waals surface area contributed by atoms with Crippen molar-refractivity contribution >= 4 is 17.6 Å². The van der Waals surface area contributed by atoms with Crippen molar-refractivity contribution in [1.82, 2.24) is 5.01 Å². The van der Waals surface area contributed by atoms with E-state index in [1.165, 1.54) is 7.05 Å². The third kappa shape index (κ3) is 5.44. The van der Waals surface area contributed by atoms with Crippen LogP contribution in [0.1, 0.15) is 64.9 Å². The zero-order valence-electron chi connectivity index (χ0n) is 17.4. The number of hydrazone groups is 1. The van der Waals surface area contributed by atoms with Gasteiger partial charge in [0.05, 0.1) is 11.3 Å². The molecule has 1 aromatic rings. The number of rotatable bonds is 4. The Morgan fingerprint density at radius 3 is 2.46 bits per heavy atom. The number of nitrogens with zero attached hydrogens (tertiary/aromatic N) is 2. The quantitative estimate of drug-likeness (QED) is 0.450. The number of Topliss-reactive ketones (excluding diaryl/α,β-unsaturated/α-hetero) is 1. The van der Waals surface area contributed by atoms with E-state index in [1.807, 2.05) is 37.3 Å². The number of allylic oxidation sites excluding steroid dienone is 2. The van der Waals surface area contributed by atoms with Gasteiger partial charge in [-0.05, 0) is 45.6 Å². The maximum atomic E-state index is 12.6. The number of hydrogen-bond acceptors (Lipinski definition) is 5. The summed E-state index contributed by atoms with van der Waals surface area (Å²) in [5, 5.41) is 16.4. The van der Waals surface area contributed by atoms with E-state index < -0.39 is 11.7 Å². The van der Waals surface area contributed by atoms with Crippen LogP contribution >= 0.6 is 0 Å². The second kappa shape index (κ2) is 9.04. The van der Waals surface area contributed by atoms with Gasteiger partial charge in [-0.1, -0.05) is 37.3 Å². The standard InChI is InChI=1S/C22H30N2O4/c1-6-16(15-11-8-7-9-12-15)20(26)19-17(13-10-14-18(19)25)23-24(5)21(27)28-22(2,3)4/h7-9,11-12,16,26H,6,10,13-14H2,1-5H3. The molecular weight excluding hydrogens is 356 g/mol. The summed E-state index contributed by atoms with van der Waals surface area (Å²) in [4.78, 5) is 24.9. The Bertz CT molecular complexity index is 775. The minimum atomic E-state index is -0.644. The summed E-state index contributed by atoms with van der Waals surface area (Å²) in [7, 11) is 1.49. The van der Waals surface area contributed by atoms with Crippen LogP contribution in [0.2, 0.25) is 0 Å². The first-order chi connectivity index (χ1) is 13.1. The molecule has 1 unspecified atom stereocenters. The summed E-state index contributed by atoms with van der Waals surface area (Å²) in [5.41, 5.74) is 0.956. The maximum Gasteiger partial charge on any atom is 0.430 e. The van der Waals surface area contributed by atoms with Gasteiger partial charge in [-0.3, -0.25) is 4.79 Å². The molecule has 1 saturated carbocycles. The van der Waals surface area contributed by atoms with E-state index in [0.717, 1.165) is 10.6 Å². The van der Waals surface area contributed by atoms with Gasteiger partial charge in [-0.15, -0.1) is 0 Å². The number of benzene rings is 1. The fraction of sp³-hybridized carbons (Fsp3) is 0.500. The van der Waals surface area contributed by atoms with E-state index in [9.17, 15) is 14.7 Å². The molecule has 1 fully saturated rings. The molecule has 152 valence electrons. The molecular formula is C22H30N2O4. The van der Waals surface area contributed by atoms with E-state index >= 15 is 0 Å². The molecule has 0 aromatic heterocycles. The van der Waals surface area contributed by atoms with Gasteiger partial charge in [-0.2, -0.15) is 5.10 Å². The number of amides is 1. The topological polar surface area (TPSA) is 79.2 Å². The van der Waals surface area contributed by atoms with Gasteiger partial charge in [-0.25, -0.2) is 9.80 Å². The largest absolute Gasteiger partial charge is 0.511 e. The average molecular weight is 386 g/mol. The van der Waals surface area contributed by atoms with Gasteiger partial charge < -0.3 is 9.84 Å². The highest BCUT2D eigenvalue weighted by Crippen LogP contribution is 2.32. The van der Waals surface area contributed by atoms with Crippen molar-refractivity contribution in [3.8, 4) is 0 Å². The van der Waals surface area contributed by atoms with Crippen LogP contribution in [-0.2, 0) is 9.53 Å². The van der Waals surface area contributed by atoms with Crippen LogP contribution in [0.5, 0.6) is 0 Å². The SMILES string of the molecule is CCC(C(O)=C1C(=O)CCCC1=NN(C)C(=O)OC(C)(C)C)c1ccccc1. The van der Waals surface area contributed by atoms with Gasteiger partial charge in [0.2, 0.25) is 0 Å². The number of aliphatic hydroxyl groups is 1. The van der Waals surface area contributed by atoms with Crippen molar-refractivity contribution in [3.05, 3.63) is 47.2 Å². The predicted octanol–water partition coefficient (Wildman–Crippen LogP) is 4.97. The van der Waals surface area contributed by atoms with Gasteiger partial charge in [0.1, 0.15) is 11.4 Å². The summed E-state index contributed by atoms with van der Waals surface area (Å²) >= 11 is 0. The smallest absolute Gasteiger partial charge is 0.430 e. The molecule has 2 rings (SSSR count). The zero-order chi connectivity index (χ0) is 20.9. The van der Waals surface area contributed by atoms with Crippen LogP contribution in [0.15, 0.2) is 46.8 Å². The van der Waals surface area contributed by atoms with Crippen LogP contribution in [-0.4, -0.2) is 40.4 Å². The van der Waals surface area contributed by atoms with E-state index in [2.05, 4.69) is 5.10 Å². The van der Waals surface area contributed by atoms with Crippen molar-refractivity contribution in [2.45, 2.75) is 64.9 Å². The molecule has 1 atom stereocenters. The molecule has 0 radical (unpaired) electrons. The highest BCUT2D eigenvalue weighted by atomic mass is 16.6. The second-order valence-corrected chi connectivity index (χ2v) is 7.96. The van der Waals surface area contributed by atoms with Gasteiger partial charge >= 0.3 is 6.09 Å². The Morgan fingerprint density at radius 1 is 1.25 bits per heavy atom. The van der Waals surface area contributed by atoms with E-state index in [1.54, 1.807) is 20.8 Å². The van der Waals surface area contributed by atoms with E-state index in [-0.39, 0.29) is 23.0 Å². The van der Waals surface area contributed by atoms with E-state index in [0.29, 0.717) is 31.4 Å². The Hall–Kier alpha value is -2.63. The number of ether oxygens (including phenoxy) is 1. The predicted molar refractivity (Wildman–Crippen MR) is 109 cm³/mol. The third-order valence-corrected chi connectivity index (χ3v) is 4.51. The highest BCUT2D eigenvalue weighted by Gasteiger charge is 2.30. The fourth-order valence-electron chi connectivity index (χ4n) is 3.21. The summed E-state index contributed by atoms with van der Waals surface area (Å²) in [6, 6.07) is 9.59. The van der Waals surface area contributed by atoms with Gasteiger partial charge in [0, 0.05) is 19.4 Å². The number of hydrogen-bond donors (Lipinski definition) is 1. The molecule has 0 aliphatic heterocycles. The Balaban J connectivity index is 2.41. The third-order valence-electron chi connectivity index (χ3n) is 4.51. The van der Waals surface area contributed by atoms with Gasteiger partial charge in [0.15, 0.2) is 5.78 Å². The van der Waals surface area contributed by atoms with Crippen molar-refractivity contribution < 1.29 is 19.4 Å². The van der Waals surface area contributed by atoms with Crippen molar-refractivity contribution in [2.24, 2.45) is 5.10 Å². The molecule has 28 heavy (non-hydrogen) atoms. The molecule has 1 amide bonds. The minimum Gasteiger partial charge on any atom is -0.511 e. The Labute approximate surface area is 166 Å². The number of ketones is 1. The second-order valence-electron chi connectivity index (χ2n) is 7.96. The molecule has 1 aliphatic rings. The molecule has 6 nitrogen and oxygen atoms in total. The normalized spacial score (nSPS) is 19.3. The molecule has 1 aromatic carbocycles. The first kappa shape index (κ1) is 21.7. The van der Waals surface area contributed by atoms with Crippen molar-refractivity contribution in [2.75, 3.05) is 7.05 Å². The van der Waals surface area contributed by atoms with Crippen LogP contribution in [0.3, 0.4) is 0 Å². The monoisotopic (exact) mass is 386 g/mol.